The van der Waals surface area contributed by atoms with Gasteiger partial charge < -0.3 is 5.32 Å². The third-order valence-electron chi connectivity index (χ3n) is 6.44. The average molecular weight is 522 g/mol. The van der Waals surface area contributed by atoms with Crippen LogP contribution in [-0.4, -0.2) is 20.3 Å². The highest BCUT2D eigenvalue weighted by Gasteiger charge is 2.83. The molecule has 0 radical (unpaired) electrons. The molecule has 0 heterocycles. The smallest absolute Gasteiger partial charge is 0.232 e. The molecule has 3 atom stereocenters. The summed E-state index contributed by atoms with van der Waals surface area (Å²) < 4.78 is 0.162. The number of alkyl halides is 3. The van der Waals surface area contributed by atoms with E-state index < -0.39 is 5.41 Å². The molecule has 1 aromatic carbocycles. The van der Waals surface area contributed by atoms with Gasteiger partial charge in [0.1, 0.15) is 0 Å². The lowest BCUT2D eigenvalue weighted by molar-refractivity contribution is -0.155. The SMILES string of the molecule is CC(=O)c1ccc(NC(=O)[C@]23CC[C@](C(Br)Br)([C@@H]2Br)C3(C)C)cc1. The second kappa shape index (κ2) is 5.92. The van der Waals surface area contributed by atoms with Gasteiger partial charge in [0.25, 0.3) is 0 Å². The molecule has 0 aromatic heterocycles. The van der Waals surface area contributed by atoms with Crippen LogP contribution in [0.2, 0.25) is 0 Å². The van der Waals surface area contributed by atoms with Gasteiger partial charge in [-0.1, -0.05) is 61.6 Å². The van der Waals surface area contributed by atoms with Crippen molar-refractivity contribution in [2.45, 2.75) is 42.2 Å². The summed E-state index contributed by atoms with van der Waals surface area (Å²) in [6.45, 7) is 5.91. The normalized spacial score (nSPS) is 33.2. The van der Waals surface area contributed by atoms with Crippen LogP contribution in [0, 0.1) is 16.2 Å². The molecule has 1 aromatic rings. The van der Waals surface area contributed by atoms with E-state index in [4.69, 9.17) is 0 Å². The first kappa shape index (κ1) is 18.6. The van der Waals surface area contributed by atoms with Crippen molar-refractivity contribution in [3.05, 3.63) is 29.8 Å². The van der Waals surface area contributed by atoms with Crippen LogP contribution in [-0.2, 0) is 4.79 Å². The maximum Gasteiger partial charge on any atom is 0.232 e. The third-order valence-corrected chi connectivity index (χ3v) is 9.67. The van der Waals surface area contributed by atoms with Gasteiger partial charge in [-0.3, -0.25) is 9.59 Å². The number of carbonyl (C=O) groups excluding carboxylic acids is 2. The van der Waals surface area contributed by atoms with Crippen molar-refractivity contribution in [1.29, 1.82) is 0 Å². The van der Waals surface area contributed by atoms with E-state index in [0.717, 1.165) is 18.5 Å². The Hall–Kier alpha value is -0.200. The molecule has 0 unspecified atom stereocenters. The number of benzene rings is 1. The van der Waals surface area contributed by atoms with Crippen molar-refractivity contribution in [2.75, 3.05) is 5.32 Å². The summed E-state index contributed by atoms with van der Waals surface area (Å²) >= 11 is 11.2. The van der Waals surface area contributed by atoms with Gasteiger partial charge in [-0.25, -0.2) is 0 Å². The van der Waals surface area contributed by atoms with Gasteiger partial charge in [-0.05, 0) is 49.4 Å². The molecule has 3 aliphatic carbocycles. The predicted molar refractivity (Wildman–Crippen MR) is 107 cm³/mol. The van der Waals surface area contributed by atoms with Crippen LogP contribution in [0.3, 0.4) is 0 Å². The number of rotatable bonds is 4. The Morgan fingerprint density at radius 2 is 1.75 bits per heavy atom. The Labute approximate surface area is 167 Å². The molecule has 2 bridgehead atoms. The molecule has 0 aliphatic heterocycles. The largest absolute Gasteiger partial charge is 0.326 e. The van der Waals surface area contributed by atoms with E-state index in [9.17, 15) is 9.59 Å². The highest BCUT2D eigenvalue weighted by atomic mass is 79.9. The quantitative estimate of drug-likeness (QED) is 0.419. The number of carbonyl (C=O) groups is 2. The zero-order valence-corrected chi connectivity index (χ0v) is 18.6. The van der Waals surface area contributed by atoms with Crippen LogP contribution in [0.1, 0.15) is 44.0 Å². The van der Waals surface area contributed by atoms with E-state index in [2.05, 4.69) is 67.0 Å². The zero-order chi connectivity index (χ0) is 17.9. The number of hydrogen-bond acceptors (Lipinski definition) is 2. The lowest BCUT2D eigenvalue weighted by Gasteiger charge is -2.66. The first-order chi connectivity index (χ1) is 11.1. The van der Waals surface area contributed by atoms with Gasteiger partial charge in [0.2, 0.25) is 5.91 Å². The van der Waals surface area contributed by atoms with E-state index in [1.807, 2.05) is 0 Å². The summed E-state index contributed by atoms with van der Waals surface area (Å²) in [4.78, 5) is 24.6. The second-order valence-corrected chi connectivity index (χ2v) is 11.4. The topological polar surface area (TPSA) is 46.2 Å². The van der Waals surface area contributed by atoms with Crippen LogP contribution in [0.15, 0.2) is 24.3 Å². The fourth-order valence-electron chi connectivity index (χ4n) is 4.73. The Kier molecular flexibility index (Phi) is 4.58. The fraction of sp³-hybridized carbons (Fsp3) is 0.556. The molecule has 3 saturated carbocycles. The van der Waals surface area contributed by atoms with E-state index >= 15 is 0 Å². The molecule has 0 spiro atoms. The molecule has 3 aliphatic rings. The van der Waals surface area contributed by atoms with Crippen LogP contribution >= 0.6 is 47.8 Å². The summed E-state index contributed by atoms with van der Waals surface area (Å²) in [5, 5.41) is 3.06. The van der Waals surface area contributed by atoms with Crippen LogP contribution in [0.25, 0.3) is 0 Å². The number of ketones is 1. The lowest BCUT2D eigenvalue weighted by atomic mass is 9.43. The van der Waals surface area contributed by atoms with E-state index in [0.29, 0.717) is 5.56 Å². The Balaban J connectivity index is 1.85. The predicted octanol–water partition coefficient (Wildman–Crippen LogP) is 5.51. The highest BCUT2D eigenvalue weighted by Crippen LogP contribution is 2.82. The maximum absolute atomic E-state index is 13.1. The van der Waals surface area contributed by atoms with Crippen molar-refractivity contribution >= 4 is 65.2 Å². The number of anilines is 1. The van der Waals surface area contributed by atoms with Gasteiger partial charge in [-0.15, -0.1) is 0 Å². The summed E-state index contributed by atoms with van der Waals surface area (Å²) in [6.07, 6.45) is 1.86. The molecule has 1 N–H and O–H groups in total. The minimum absolute atomic E-state index is 0.0167. The van der Waals surface area contributed by atoms with Crippen molar-refractivity contribution in [3.8, 4) is 0 Å². The molecular formula is C18H20Br3NO2. The fourth-order valence-corrected chi connectivity index (χ4v) is 9.64. The molecular weight excluding hydrogens is 502 g/mol. The maximum atomic E-state index is 13.1. The van der Waals surface area contributed by atoms with Crippen molar-refractivity contribution < 1.29 is 9.59 Å². The Bertz CT molecular complexity index is 701. The number of fused-ring (bicyclic) bond motifs is 1. The van der Waals surface area contributed by atoms with Gasteiger partial charge in [0, 0.05) is 21.5 Å². The van der Waals surface area contributed by atoms with Crippen LogP contribution in [0.4, 0.5) is 5.69 Å². The average Bonchev–Trinajstić information content (AvgIpc) is 2.97. The number of Topliss-reactive ketones (excluding diaryl/α,β-unsaturated/α-hetero) is 1. The lowest BCUT2D eigenvalue weighted by Crippen LogP contribution is -2.71. The van der Waals surface area contributed by atoms with E-state index in [-0.39, 0.29) is 31.1 Å². The van der Waals surface area contributed by atoms with Crippen molar-refractivity contribution in [2.24, 2.45) is 16.2 Å². The molecule has 6 heteroatoms. The third kappa shape index (κ3) is 2.11. The van der Waals surface area contributed by atoms with E-state index in [1.54, 1.807) is 24.3 Å². The summed E-state index contributed by atoms with van der Waals surface area (Å²) in [6, 6.07) is 7.08. The summed E-state index contributed by atoms with van der Waals surface area (Å²) in [5.41, 5.74) is 0.840. The van der Waals surface area contributed by atoms with Gasteiger partial charge >= 0.3 is 0 Å². The second-order valence-electron chi connectivity index (χ2n) is 7.39. The molecule has 0 saturated heterocycles. The van der Waals surface area contributed by atoms with Crippen LogP contribution < -0.4 is 5.32 Å². The molecule has 3 fully saturated rings. The van der Waals surface area contributed by atoms with Crippen LogP contribution in [0.5, 0.6) is 0 Å². The molecule has 1 amide bonds. The number of halogens is 3. The first-order valence-electron chi connectivity index (χ1n) is 7.96. The summed E-state index contributed by atoms with van der Waals surface area (Å²) in [5.74, 6) is 0.0760. The van der Waals surface area contributed by atoms with Crippen molar-refractivity contribution in [1.82, 2.24) is 0 Å². The summed E-state index contributed by atoms with van der Waals surface area (Å²) in [7, 11) is 0. The number of nitrogens with one attached hydrogen (secondary N) is 1. The molecule has 3 nitrogen and oxygen atoms in total. The van der Waals surface area contributed by atoms with Gasteiger partial charge in [-0.2, -0.15) is 0 Å². The molecule has 24 heavy (non-hydrogen) atoms. The molecule has 4 rings (SSSR count). The highest BCUT2D eigenvalue weighted by molar-refractivity contribution is 9.24. The monoisotopic (exact) mass is 519 g/mol. The minimum Gasteiger partial charge on any atom is -0.326 e. The minimum atomic E-state index is -0.425. The van der Waals surface area contributed by atoms with Crippen molar-refractivity contribution in [3.63, 3.8) is 0 Å². The first-order valence-corrected chi connectivity index (χ1v) is 10.7. The number of hydrogen-bond donors (Lipinski definition) is 1. The Morgan fingerprint density at radius 3 is 2.17 bits per heavy atom. The standard InChI is InChI=1S/C18H20Br3NO2/c1-10(23)11-4-6-12(7-5-11)22-15(24)18-9-8-17(13(18)19,14(20)21)16(18,2)3/h4-7,13-14H,8-9H2,1-3H3,(H,22,24)/t13-,17+,18-/m0/s1. The van der Waals surface area contributed by atoms with Gasteiger partial charge in [0.15, 0.2) is 5.78 Å². The zero-order valence-electron chi connectivity index (χ0n) is 13.8. The Morgan fingerprint density at radius 1 is 1.17 bits per heavy atom. The van der Waals surface area contributed by atoms with E-state index in [1.165, 1.54) is 6.92 Å². The van der Waals surface area contributed by atoms with Gasteiger partial charge in [0.05, 0.1) is 9.15 Å². The molecule has 130 valence electrons. The number of amides is 1.